The number of fused-ring (bicyclic) bond motifs is 4. The van der Waals surface area contributed by atoms with E-state index in [0.29, 0.717) is 52.0 Å². The maximum Gasteiger partial charge on any atom is 0.226 e. The van der Waals surface area contributed by atoms with Crippen LogP contribution in [-0.2, 0) is 11.8 Å². The van der Waals surface area contributed by atoms with Gasteiger partial charge >= 0.3 is 0 Å². The van der Waals surface area contributed by atoms with Crippen LogP contribution in [0.15, 0.2) is 55.2 Å². The monoisotopic (exact) mass is 500 g/mol. The summed E-state index contributed by atoms with van der Waals surface area (Å²) >= 11 is 6.57. The van der Waals surface area contributed by atoms with E-state index in [2.05, 4.69) is 30.2 Å². The minimum absolute atomic E-state index is 0.257. The maximum absolute atomic E-state index is 6.57. The highest BCUT2D eigenvalue weighted by Gasteiger charge is 2.40. The fourth-order valence-electron chi connectivity index (χ4n) is 4.82. The van der Waals surface area contributed by atoms with Crippen molar-refractivity contribution in [1.29, 1.82) is 0 Å². The Kier molecular flexibility index (Phi) is 4.90. The lowest BCUT2D eigenvalue weighted by molar-refractivity contribution is 0.0986. The van der Waals surface area contributed by atoms with Crippen LogP contribution >= 0.6 is 11.6 Å². The maximum atomic E-state index is 6.57. The van der Waals surface area contributed by atoms with Crippen molar-refractivity contribution in [1.82, 2.24) is 29.5 Å². The highest BCUT2D eigenvalue weighted by molar-refractivity contribution is 6.32. The summed E-state index contributed by atoms with van der Waals surface area (Å²) in [5.41, 5.74) is 3.94. The first-order valence-electron chi connectivity index (χ1n) is 11.6. The summed E-state index contributed by atoms with van der Waals surface area (Å²) in [5.74, 6) is 2.45. The molecular weight excluding hydrogens is 480 g/mol. The van der Waals surface area contributed by atoms with E-state index >= 15 is 0 Å². The zero-order chi connectivity index (χ0) is 24.2. The van der Waals surface area contributed by atoms with Gasteiger partial charge in [0.05, 0.1) is 47.3 Å². The Balaban J connectivity index is 1.15. The lowest BCUT2D eigenvalue weighted by Crippen LogP contribution is -2.38. The van der Waals surface area contributed by atoms with Crippen LogP contribution in [0.2, 0.25) is 5.02 Å². The topological polar surface area (TPSA) is 103 Å². The third-order valence-electron chi connectivity index (χ3n) is 6.64. The summed E-state index contributed by atoms with van der Waals surface area (Å²) in [6, 6.07) is 11.6. The highest BCUT2D eigenvalue weighted by atomic mass is 35.5. The standard InChI is InChI=1S/C25H21ClN8O2/c1-33-13-30-19-8-16(3-4-21(19)33)36-22-5-2-14(6-18(22)26)31-24-23-20(28-12-29-24)9-27-25(32-23)34-10-17-7-15(34)11-35-17/h2-6,8-9,12-13,15,17H,7,10-11H2,1H3,(H,28,29,31)/t15-,17-/m1/s1. The summed E-state index contributed by atoms with van der Waals surface area (Å²) in [6.45, 7) is 1.52. The molecule has 5 aromatic rings. The number of nitrogens with zero attached hydrogens (tertiary/aromatic N) is 7. The molecule has 2 atom stereocenters. The fraction of sp³-hybridized carbons (Fsp3) is 0.240. The van der Waals surface area contributed by atoms with Crippen molar-refractivity contribution in [2.24, 2.45) is 7.05 Å². The molecule has 0 radical (unpaired) electrons. The molecule has 10 nitrogen and oxygen atoms in total. The summed E-state index contributed by atoms with van der Waals surface area (Å²) in [4.78, 5) is 24.7. The highest BCUT2D eigenvalue weighted by Crippen LogP contribution is 2.35. The number of nitrogens with one attached hydrogen (secondary N) is 1. The van der Waals surface area contributed by atoms with E-state index in [0.717, 1.165) is 29.7 Å². The number of hydrogen-bond acceptors (Lipinski definition) is 9. The van der Waals surface area contributed by atoms with Crippen LogP contribution in [0.3, 0.4) is 0 Å². The molecule has 3 aromatic heterocycles. The molecule has 11 heteroatoms. The average molecular weight is 501 g/mol. The number of anilines is 3. The Morgan fingerprint density at radius 1 is 1.08 bits per heavy atom. The predicted octanol–water partition coefficient (Wildman–Crippen LogP) is 4.47. The SMILES string of the molecule is Cn1cnc2cc(Oc3ccc(Nc4ncnc5cnc(N6C[C@H]7C[C@@H]6CO7)nc45)cc3Cl)ccc21. The van der Waals surface area contributed by atoms with Gasteiger partial charge in [-0.1, -0.05) is 11.6 Å². The summed E-state index contributed by atoms with van der Waals surface area (Å²) in [5, 5.41) is 3.78. The molecule has 2 fully saturated rings. The number of aromatic nitrogens is 6. The predicted molar refractivity (Wildman–Crippen MR) is 136 cm³/mol. The van der Waals surface area contributed by atoms with E-state index < -0.39 is 0 Å². The zero-order valence-corrected chi connectivity index (χ0v) is 20.1. The van der Waals surface area contributed by atoms with E-state index in [-0.39, 0.29) is 6.10 Å². The van der Waals surface area contributed by atoms with Crippen LogP contribution in [-0.4, -0.2) is 54.8 Å². The van der Waals surface area contributed by atoms with Crippen LogP contribution in [0.5, 0.6) is 11.5 Å². The van der Waals surface area contributed by atoms with Crippen LogP contribution in [0.1, 0.15) is 6.42 Å². The van der Waals surface area contributed by atoms with Crippen LogP contribution in [0, 0.1) is 0 Å². The Morgan fingerprint density at radius 2 is 2.03 bits per heavy atom. The largest absolute Gasteiger partial charge is 0.456 e. The minimum atomic E-state index is 0.257. The van der Waals surface area contributed by atoms with E-state index in [1.807, 2.05) is 41.9 Å². The first-order valence-corrected chi connectivity index (χ1v) is 12.0. The van der Waals surface area contributed by atoms with E-state index in [9.17, 15) is 0 Å². The molecule has 0 amide bonds. The second-order valence-corrected chi connectivity index (χ2v) is 9.41. The lowest BCUT2D eigenvalue weighted by Gasteiger charge is -2.26. The number of rotatable bonds is 5. The summed E-state index contributed by atoms with van der Waals surface area (Å²) in [7, 11) is 1.96. The van der Waals surface area contributed by atoms with Gasteiger partial charge in [-0.2, -0.15) is 0 Å². The lowest BCUT2D eigenvalue weighted by atomic mass is 10.2. The summed E-state index contributed by atoms with van der Waals surface area (Å²) < 4.78 is 13.7. The van der Waals surface area contributed by atoms with Crippen molar-refractivity contribution in [3.05, 3.63) is 60.3 Å². The molecule has 2 bridgehead atoms. The molecule has 2 saturated heterocycles. The molecule has 7 rings (SSSR count). The first-order chi connectivity index (χ1) is 17.6. The molecule has 2 aromatic carbocycles. The van der Waals surface area contributed by atoms with E-state index in [4.69, 9.17) is 26.1 Å². The van der Waals surface area contributed by atoms with Gasteiger partial charge < -0.3 is 24.3 Å². The van der Waals surface area contributed by atoms with E-state index in [1.54, 1.807) is 18.6 Å². The smallest absolute Gasteiger partial charge is 0.226 e. The Labute approximate surface area is 210 Å². The van der Waals surface area contributed by atoms with Gasteiger partial charge in [0.25, 0.3) is 0 Å². The molecule has 2 aliphatic heterocycles. The molecule has 180 valence electrons. The number of benzene rings is 2. The normalized spacial score (nSPS) is 18.9. The Hall–Kier alpha value is -4.02. The number of halogens is 1. The van der Waals surface area contributed by atoms with Crippen molar-refractivity contribution in [3.63, 3.8) is 0 Å². The molecule has 1 N–H and O–H groups in total. The van der Waals surface area contributed by atoms with Crippen molar-refractivity contribution in [2.75, 3.05) is 23.4 Å². The Morgan fingerprint density at radius 3 is 2.86 bits per heavy atom. The second kappa shape index (κ2) is 8.28. The average Bonchev–Trinajstić information content (AvgIpc) is 3.62. The molecular formula is C25H21ClN8O2. The van der Waals surface area contributed by atoms with Gasteiger partial charge in [0.1, 0.15) is 28.9 Å². The van der Waals surface area contributed by atoms with Crippen molar-refractivity contribution in [2.45, 2.75) is 18.6 Å². The van der Waals surface area contributed by atoms with Crippen molar-refractivity contribution < 1.29 is 9.47 Å². The molecule has 0 unspecified atom stereocenters. The van der Waals surface area contributed by atoms with Crippen LogP contribution < -0.4 is 15.0 Å². The van der Waals surface area contributed by atoms with Gasteiger partial charge in [0.15, 0.2) is 5.82 Å². The van der Waals surface area contributed by atoms with Gasteiger partial charge in [-0.05, 0) is 36.8 Å². The third-order valence-corrected chi connectivity index (χ3v) is 6.94. The van der Waals surface area contributed by atoms with Gasteiger partial charge in [-0.25, -0.2) is 24.9 Å². The van der Waals surface area contributed by atoms with Crippen LogP contribution in [0.25, 0.3) is 22.1 Å². The summed E-state index contributed by atoms with van der Waals surface area (Å²) in [6.07, 6.45) is 6.27. The second-order valence-electron chi connectivity index (χ2n) is 9.00. The molecule has 2 aliphatic rings. The number of hydrogen-bond donors (Lipinski definition) is 1. The molecule has 36 heavy (non-hydrogen) atoms. The first kappa shape index (κ1) is 21.3. The van der Waals surface area contributed by atoms with Crippen molar-refractivity contribution >= 4 is 51.1 Å². The van der Waals surface area contributed by atoms with Gasteiger partial charge in [0.2, 0.25) is 5.95 Å². The van der Waals surface area contributed by atoms with Crippen LogP contribution in [0.4, 0.5) is 17.5 Å². The number of ether oxygens (including phenoxy) is 2. The minimum Gasteiger partial charge on any atom is -0.456 e. The molecule has 0 saturated carbocycles. The zero-order valence-electron chi connectivity index (χ0n) is 19.3. The molecule has 0 spiro atoms. The number of aryl methyl sites for hydroxylation is 1. The Bertz CT molecular complexity index is 1620. The van der Waals surface area contributed by atoms with Crippen molar-refractivity contribution in [3.8, 4) is 11.5 Å². The van der Waals surface area contributed by atoms with Gasteiger partial charge in [-0.15, -0.1) is 0 Å². The number of imidazole rings is 1. The van der Waals surface area contributed by atoms with Gasteiger partial charge in [-0.3, -0.25) is 0 Å². The fourth-order valence-corrected chi connectivity index (χ4v) is 5.04. The molecule has 0 aliphatic carbocycles. The van der Waals surface area contributed by atoms with Gasteiger partial charge in [0, 0.05) is 25.3 Å². The molecule has 5 heterocycles. The number of morpholine rings is 1. The quantitative estimate of drug-likeness (QED) is 0.374. The van der Waals surface area contributed by atoms with E-state index in [1.165, 1.54) is 6.33 Å². The third kappa shape index (κ3) is 3.66.